The number of benzene rings is 1. The molecule has 0 aliphatic rings. The van der Waals surface area contributed by atoms with Gasteiger partial charge in [-0.3, -0.25) is 14.8 Å². The summed E-state index contributed by atoms with van der Waals surface area (Å²) in [6, 6.07) is 9.68. The van der Waals surface area contributed by atoms with Gasteiger partial charge in [-0.25, -0.2) is 19.2 Å². The third-order valence-corrected chi connectivity index (χ3v) is 4.08. The van der Waals surface area contributed by atoms with E-state index in [2.05, 4.69) is 25.3 Å². The Balaban J connectivity index is 1.56. The molecule has 0 saturated heterocycles. The van der Waals surface area contributed by atoms with E-state index >= 15 is 0 Å². The fraction of sp³-hybridized carbons (Fsp3) is 0.0625. The standard InChI is InChI=1S/C16H11N9O2/c26-25(27)12-6-18-22(8-12)9-14-20-16-13-7-19-24(11-4-2-1-3-5-11)15(13)17-10-23(16)21-14/h1-8,10H,9H2. The summed E-state index contributed by atoms with van der Waals surface area (Å²) in [5, 5.41) is 24.3. The van der Waals surface area contributed by atoms with Crippen molar-refractivity contribution in [3.63, 3.8) is 0 Å². The van der Waals surface area contributed by atoms with E-state index in [1.807, 2.05) is 30.3 Å². The van der Waals surface area contributed by atoms with Crippen molar-refractivity contribution in [1.29, 1.82) is 0 Å². The number of nitrogens with zero attached hydrogens (tertiary/aromatic N) is 9. The van der Waals surface area contributed by atoms with Crippen LogP contribution < -0.4 is 0 Å². The maximum Gasteiger partial charge on any atom is 0.307 e. The van der Waals surface area contributed by atoms with Crippen molar-refractivity contribution in [3.05, 3.63) is 71.2 Å². The minimum Gasteiger partial charge on any atom is -0.258 e. The molecule has 11 heteroatoms. The Morgan fingerprint density at radius 2 is 1.93 bits per heavy atom. The molecule has 0 radical (unpaired) electrons. The Morgan fingerprint density at radius 1 is 1.07 bits per heavy atom. The van der Waals surface area contributed by atoms with E-state index in [9.17, 15) is 10.1 Å². The molecule has 5 aromatic rings. The lowest BCUT2D eigenvalue weighted by molar-refractivity contribution is -0.385. The minimum absolute atomic E-state index is 0.0769. The number of hydrogen-bond donors (Lipinski definition) is 0. The van der Waals surface area contributed by atoms with Crippen molar-refractivity contribution >= 4 is 22.4 Å². The van der Waals surface area contributed by atoms with E-state index in [1.54, 1.807) is 21.7 Å². The summed E-state index contributed by atoms with van der Waals surface area (Å²) in [6.45, 7) is 0.212. The summed E-state index contributed by atoms with van der Waals surface area (Å²) < 4.78 is 4.72. The molecule has 5 rings (SSSR count). The molecular weight excluding hydrogens is 350 g/mol. The fourth-order valence-corrected chi connectivity index (χ4v) is 2.87. The highest BCUT2D eigenvalue weighted by Gasteiger charge is 2.15. The van der Waals surface area contributed by atoms with Crippen LogP contribution in [0.4, 0.5) is 5.69 Å². The molecule has 0 N–H and O–H groups in total. The number of aromatic nitrogens is 8. The Kier molecular flexibility index (Phi) is 3.19. The summed E-state index contributed by atoms with van der Waals surface area (Å²) in [4.78, 5) is 19.2. The molecule has 0 atom stereocenters. The van der Waals surface area contributed by atoms with Crippen LogP contribution in [0.2, 0.25) is 0 Å². The van der Waals surface area contributed by atoms with E-state index in [-0.39, 0.29) is 12.2 Å². The van der Waals surface area contributed by atoms with Crippen LogP contribution in [0.25, 0.3) is 22.4 Å². The van der Waals surface area contributed by atoms with Crippen LogP contribution in [0.15, 0.2) is 55.2 Å². The largest absolute Gasteiger partial charge is 0.307 e. The number of fused-ring (bicyclic) bond motifs is 3. The maximum atomic E-state index is 10.8. The second-order valence-electron chi connectivity index (χ2n) is 5.82. The van der Waals surface area contributed by atoms with Crippen LogP contribution in [0.1, 0.15) is 5.82 Å². The molecule has 0 amide bonds. The van der Waals surface area contributed by atoms with Gasteiger partial charge in [-0.1, -0.05) is 18.2 Å². The molecule has 27 heavy (non-hydrogen) atoms. The first-order valence-electron chi connectivity index (χ1n) is 7.99. The van der Waals surface area contributed by atoms with Crippen molar-refractivity contribution < 1.29 is 4.92 Å². The van der Waals surface area contributed by atoms with E-state index < -0.39 is 4.92 Å². The van der Waals surface area contributed by atoms with Crippen molar-refractivity contribution in [3.8, 4) is 5.69 Å². The van der Waals surface area contributed by atoms with Crippen LogP contribution >= 0.6 is 0 Å². The molecular formula is C16H11N9O2. The highest BCUT2D eigenvalue weighted by atomic mass is 16.6. The molecule has 0 fully saturated rings. The Labute approximate surface area is 150 Å². The van der Waals surface area contributed by atoms with Crippen LogP contribution in [0, 0.1) is 10.1 Å². The highest BCUT2D eigenvalue weighted by Crippen LogP contribution is 2.19. The summed E-state index contributed by atoms with van der Waals surface area (Å²) in [6.07, 6.45) is 5.80. The predicted octanol–water partition coefficient (Wildman–Crippen LogP) is 1.62. The molecule has 4 aromatic heterocycles. The normalized spacial score (nSPS) is 11.4. The lowest BCUT2D eigenvalue weighted by Crippen LogP contribution is -2.02. The van der Waals surface area contributed by atoms with Crippen LogP contribution in [0.3, 0.4) is 0 Å². The fourth-order valence-electron chi connectivity index (χ4n) is 2.87. The molecule has 0 aliphatic carbocycles. The zero-order valence-electron chi connectivity index (χ0n) is 13.7. The topological polar surface area (TPSA) is 122 Å². The van der Waals surface area contributed by atoms with Gasteiger partial charge in [0.1, 0.15) is 25.3 Å². The average molecular weight is 361 g/mol. The minimum atomic E-state index is -0.494. The first kappa shape index (κ1) is 15.1. The third-order valence-electron chi connectivity index (χ3n) is 4.08. The molecule has 0 aliphatic heterocycles. The van der Waals surface area contributed by atoms with Gasteiger partial charge in [-0.15, -0.1) is 5.10 Å². The van der Waals surface area contributed by atoms with Crippen LogP contribution in [0.5, 0.6) is 0 Å². The smallest absolute Gasteiger partial charge is 0.258 e. The van der Waals surface area contributed by atoms with Gasteiger partial charge < -0.3 is 0 Å². The molecule has 132 valence electrons. The second-order valence-corrected chi connectivity index (χ2v) is 5.82. The first-order valence-corrected chi connectivity index (χ1v) is 7.99. The summed E-state index contributed by atoms with van der Waals surface area (Å²) >= 11 is 0. The quantitative estimate of drug-likeness (QED) is 0.352. The second kappa shape index (κ2) is 5.69. The molecule has 4 heterocycles. The molecule has 11 nitrogen and oxygen atoms in total. The molecule has 0 spiro atoms. The zero-order chi connectivity index (χ0) is 18.4. The van der Waals surface area contributed by atoms with Crippen molar-refractivity contribution in [2.24, 2.45) is 0 Å². The van der Waals surface area contributed by atoms with E-state index in [0.29, 0.717) is 17.1 Å². The summed E-state index contributed by atoms with van der Waals surface area (Å²) in [7, 11) is 0. The zero-order valence-corrected chi connectivity index (χ0v) is 13.7. The third kappa shape index (κ3) is 2.49. The van der Waals surface area contributed by atoms with Gasteiger partial charge in [-0.2, -0.15) is 10.2 Å². The van der Waals surface area contributed by atoms with Gasteiger partial charge in [0.05, 0.1) is 22.2 Å². The maximum absolute atomic E-state index is 10.8. The van der Waals surface area contributed by atoms with E-state index in [0.717, 1.165) is 11.1 Å². The monoisotopic (exact) mass is 361 g/mol. The van der Waals surface area contributed by atoms with Gasteiger partial charge in [0.15, 0.2) is 17.1 Å². The van der Waals surface area contributed by atoms with Gasteiger partial charge >= 0.3 is 5.69 Å². The van der Waals surface area contributed by atoms with E-state index in [1.165, 1.54) is 17.1 Å². The van der Waals surface area contributed by atoms with Crippen LogP contribution in [-0.4, -0.2) is 44.1 Å². The SMILES string of the molecule is O=[N+]([O-])c1cnn(Cc2nc3c4cnn(-c5ccccc5)c4ncn3n2)c1. The van der Waals surface area contributed by atoms with Crippen molar-refractivity contribution in [2.45, 2.75) is 6.54 Å². The van der Waals surface area contributed by atoms with Crippen molar-refractivity contribution in [1.82, 2.24) is 39.1 Å². The molecule has 0 bridgehead atoms. The number of hydrogen-bond acceptors (Lipinski definition) is 7. The highest BCUT2D eigenvalue weighted by molar-refractivity contribution is 5.89. The number of para-hydroxylation sites is 1. The first-order chi connectivity index (χ1) is 13.2. The summed E-state index contributed by atoms with van der Waals surface area (Å²) in [5.41, 5.74) is 2.10. The molecule has 0 saturated carbocycles. The predicted molar refractivity (Wildman–Crippen MR) is 93.4 cm³/mol. The van der Waals surface area contributed by atoms with Crippen molar-refractivity contribution in [2.75, 3.05) is 0 Å². The van der Waals surface area contributed by atoms with Crippen LogP contribution in [-0.2, 0) is 6.54 Å². The van der Waals surface area contributed by atoms with E-state index in [4.69, 9.17) is 0 Å². The number of nitro groups is 1. The Morgan fingerprint density at radius 3 is 2.70 bits per heavy atom. The van der Waals surface area contributed by atoms with Gasteiger partial charge in [0, 0.05) is 0 Å². The molecule has 1 aromatic carbocycles. The molecule has 0 unspecified atom stereocenters. The number of rotatable bonds is 4. The average Bonchev–Trinajstić information content (AvgIpc) is 3.39. The lowest BCUT2D eigenvalue weighted by atomic mass is 10.3. The summed E-state index contributed by atoms with van der Waals surface area (Å²) in [5.74, 6) is 0.467. The lowest BCUT2D eigenvalue weighted by Gasteiger charge is -2.01. The Hall–Kier alpha value is -4.15. The van der Waals surface area contributed by atoms with Gasteiger partial charge in [-0.05, 0) is 12.1 Å². The van der Waals surface area contributed by atoms with Gasteiger partial charge in [0.25, 0.3) is 0 Å². The van der Waals surface area contributed by atoms with Gasteiger partial charge in [0.2, 0.25) is 0 Å². The Bertz CT molecular complexity index is 1290.